The Bertz CT molecular complexity index is 238. The van der Waals surface area contributed by atoms with Crippen LogP contribution in [0.25, 0.3) is 0 Å². The van der Waals surface area contributed by atoms with Crippen LogP contribution in [-0.2, 0) is 14.6 Å². The van der Waals surface area contributed by atoms with Gasteiger partial charge in [-0.3, -0.25) is 0 Å². The molecule has 0 spiro atoms. The highest BCUT2D eigenvalue weighted by atomic mass is 32.2. The lowest BCUT2D eigenvalue weighted by Crippen LogP contribution is -2.43. The summed E-state index contributed by atoms with van der Waals surface area (Å²) in [5.74, 6) is 0.282. The minimum atomic E-state index is -2.82. The van der Waals surface area contributed by atoms with E-state index in [1.54, 1.807) is 7.11 Å². The highest BCUT2D eigenvalue weighted by Gasteiger charge is 2.27. The predicted octanol–water partition coefficient (Wildman–Crippen LogP) is -0.200. The Morgan fingerprint density at radius 3 is 2.92 bits per heavy atom. The quantitative estimate of drug-likeness (QED) is 0.649. The molecule has 1 unspecified atom stereocenters. The normalized spacial score (nSPS) is 27.3. The summed E-state index contributed by atoms with van der Waals surface area (Å²) < 4.78 is 27.9. The maximum absolute atomic E-state index is 11.5. The van der Waals surface area contributed by atoms with Crippen molar-refractivity contribution in [2.75, 3.05) is 32.6 Å². The minimum Gasteiger partial charge on any atom is -0.385 e. The van der Waals surface area contributed by atoms with Gasteiger partial charge in [-0.05, 0) is 12.8 Å². The molecular weight excluding hydrogens is 190 g/mol. The molecule has 1 fully saturated rings. The van der Waals surface area contributed by atoms with E-state index >= 15 is 0 Å². The molecule has 1 atom stereocenters. The van der Waals surface area contributed by atoms with Crippen LogP contribution in [0.5, 0.6) is 0 Å². The zero-order valence-electron chi connectivity index (χ0n) is 7.95. The van der Waals surface area contributed by atoms with E-state index in [9.17, 15) is 8.42 Å². The number of rotatable bonds is 4. The Kier molecular flexibility index (Phi) is 4.15. The zero-order valence-corrected chi connectivity index (χ0v) is 8.77. The van der Waals surface area contributed by atoms with Gasteiger partial charge in [-0.25, -0.2) is 8.42 Å². The summed E-state index contributed by atoms with van der Waals surface area (Å²) >= 11 is 0. The highest BCUT2D eigenvalue weighted by Crippen LogP contribution is 2.11. The van der Waals surface area contributed by atoms with Gasteiger partial charge >= 0.3 is 0 Å². The molecule has 1 heterocycles. The molecular formula is C8H17NO3S. The Morgan fingerprint density at radius 2 is 2.31 bits per heavy atom. The molecule has 1 rings (SSSR count). The summed E-state index contributed by atoms with van der Waals surface area (Å²) in [4.78, 5) is 0. The third-order valence-electron chi connectivity index (χ3n) is 2.32. The molecule has 0 aromatic rings. The van der Waals surface area contributed by atoms with Crippen molar-refractivity contribution in [2.24, 2.45) is 0 Å². The van der Waals surface area contributed by atoms with Gasteiger partial charge in [-0.2, -0.15) is 0 Å². The van der Waals surface area contributed by atoms with Crippen molar-refractivity contribution in [3.8, 4) is 0 Å². The second-order valence-electron chi connectivity index (χ2n) is 3.33. The molecule has 0 aliphatic carbocycles. The number of hydrogen-bond donors (Lipinski definition) is 1. The standard InChI is InChI=1S/C8H17NO3S/c1-12-5-2-3-8-7-9-4-6-13(8,10)11/h8-9H,2-7H2,1H3. The van der Waals surface area contributed by atoms with Crippen molar-refractivity contribution in [1.82, 2.24) is 5.32 Å². The van der Waals surface area contributed by atoms with E-state index in [-0.39, 0.29) is 11.0 Å². The molecule has 0 amide bonds. The molecule has 13 heavy (non-hydrogen) atoms. The third kappa shape index (κ3) is 3.25. The molecule has 0 saturated carbocycles. The van der Waals surface area contributed by atoms with E-state index in [0.29, 0.717) is 26.1 Å². The van der Waals surface area contributed by atoms with Gasteiger partial charge in [0.15, 0.2) is 9.84 Å². The molecule has 1 N–H and O–H groups in total. The average Bonchev–Trinajstić information content (AvgIpc) is 2.08. The van der Waals surface area contributed by atoms with Crippen LogP contribution < -0.4 is 5.32 Å². The molecule has 1 saturated heterocycles. The second-order valence-corrected chi connectivity index (χ2v) is 5.73. The summed E-state index contributed by atoms with van der Waals surface area (Å²) in [6.07, 6.45) is 1.53. The highest BCUT2D eigenvalue weighted by molar-refractivity contribution is 7.92. The van der Waals surface area contributed by atoms with Gasteiger partial charge in [-0.1, -0.05) is 0 Å². The maximum Gasteiger partial charge on any atom is 0.155 e. The molecule has 0 radical (unpaired) electrons. The van der Waals surface area contributed by atoms with Gasteiger partial charge in [-0.15, -0.1) is 0 Å². The topological polar surface area (TPSA) is 55.4 Å². The van der Waals surface area contributed by atoms with Crippen LogP contribution in [0.4, 0.5) is 0 Å². The number of hydrogen-bond acceptors (Lipinski definition) is 4. The fraction of sp³-hybridized carbons (Fsp3) is 1.00. The Balaban J connectivity index is 2.38. The van der Waals surface area contributed by atoms with E-state index in [2.05, 4.69) is 5.32 Å². The molecule has 4 nitrogen and oxygen atoms in total. The first-order valence-electron chi connectivity index (χ1n) is 4.58. The molecule has 0 aromatic carbocycles. The van der Waals surface area contributed by atoms with Crippen LogP contribution in [0.1, 0.15) is 12.8 Å². The Labute approximate surface area is 79.6 Å². The number of ether oxygens (including phenoxy) is 1. The summed E-state index contributed by atoms with van der Waals surface area (Å²) in [6, 6.07) is 0. The van der Waals surface area contributed by atoms with E-state index in [4.69, 9.17) is 4.74 Å². The number of nitrogens with one attached hydrogen (secondary N) is 1. The summed E-state index contributed by atoms with van der Waals surface area (Å²) in [7, 11) is -1.19. The van der Waals surface area contributed by atoms with E-state index < -0.39 is 9.84 Å². The Morgan fingerprint density at radius 1 is 1.54 bits per heavy atom. The van der Waals surface area contributed by atoms with E-state index in [0.717, 1.165) is 6.42 Å². The second kappa shape index (κ2) is 4.93. The fourth-order valence-corrected chi connectivity index (χ4v) is 3.17. The van der Waals surface area contributed by atoms with Crippen molar-refractivity contribution in [3.05, 3.63) is 0 Å². The van der Waals surface area contributed by atoms with Crippen molar-refractivity contribution in [3.63, 3.8) is 0 Å². The monoisotopic (exact) mass is 207 g/mol. The van der Waals surface area contributed by atoms with Gasteiger partial charge in [0, 0.05) is 26.8 Å². The molecule has 0 bridgehead atoms. The van der Waals surface area contributed by atoms with Crippen LogP contribution in [0, 0.1) is 0 Å². The summed E-state index contributed by atoms with van der Waals surface area (Å²) in [5.41, 5.74) is 0. The average molecular weight is 207 g/mol. The molecule has 5 heteroatoms. The van der Waals surface area contributed by atoms with E-state index in [1.807, 2.05) is 0 Å². The molecule has 1 aliphatic heterocycles. The summed E-state index contributed by atoms with van der Waals surface area (Å²) in [5, 5.41) is 2.90. The van der Waals surface area contributed by atoms with E-state index in [1.165, 1.54) is 0 Å². The molecule has 0 aromatic heterocycles. The van der Waals surface area contributed by atoms with Crippen LogP contribution in [-0.4, -0.2) is 46.2 Å². The largest absolute Gasteiger partial charge is 0.385 e. The third-order valence-corrected chi connectivity index (χ3v) is 4.51. The first-order valence-corrected chi connectivity index (χ1v) is 6.29. The molecule has 78 valence electrons. The number of sulfone groups is 1. The lowest BCUT2D eigenvalue weighted by Gasteiger charge is -2.22. The van der Waals surface area contributed by atoms with Crippen molar-refractivity contribution >= 4 is 9.84 Å². The van der Waals surface area contributed by atoms with Crippen molar-refractivity contribution in [2.45, 2.75) is 18.1 Å². The van der Waals surface area contributed by atoms with Gasteiger partial charge in [0.25, 0.3) is 0 Å². The smallest absolute Gasteiger partial charge is 0.155 e. The van der Waals surface area contributed by atoms with Crippen LogP contribution >= 0.6 is 0 Å². The first kappa shape index (κ1) is 10.9. The first-order chi connectivity index (χ1) is 6.17. The van der Waals surface area contributed by atoms with Crippen molar-refractivity contribution in [1.29, 1.82) is 0 Å². The van der Waals surface area contributed by atoms with Crippen LogP contribution in [0.3, 0.4) is 0 Å². The lowest BCUT2D eigenvalue weighted by molar-refractivity contribution is 0.192. The van der Waals surface area contributed by atoms with Crippen LogP contribution in [0.15, 0.2) is 0 Å². The van der Waals surface area contributed by atoms with Gasteiger partial charge in [0.2, 0.25) is 0 Å². The zero-order chi connectivity index (χ0) is 9.73. The number of methoxy groups -OCH3 is 1. The van der Waals surface area contributed by atoms with Gasteiger partial charge < -0.3 is 10.1 Å². The fourth-order valence-electron chi connectivity index (χ4n) is 1.51. The van der Waals surface area contributed by atoms with Crippen LogP contribution in [0.2, 0.25) is 0 Å². The molecule has 1 aliphatic rings. The predicted molar refractivity (Wildman–Crippen MR) is 51.6 cm³/mol. The maximum atomic E-state index is 11.5. The van der Waals surface area contributed by atoms with Gasteiger partial charge in [0.1, 0.15) is 0 Å². The lowest BCUT2D eigenvalue weighted by atomic mass is 10.2. The van der Waals surface area contributed by atoms with Crippen molar-refractivity contribution < 1.29 is 13.2 Å². The van der Waals surface area contributed by atoms with Gasteiger partial charge in [0.05, 0.1) is 11.0 Å². The minimum absolute atomic E-state index is 0.198. The summed E-state index contributed by atoms with van der Waals surface area (Å²) in [6.45, 7) is 1.85. The SMILES string of the molecule is COCCCC1CNCCS1(=O)=O. The Hall–Kier alpha value is -0.130.